The normalized spacial score (nSPS) is 19.0. The zero-order valence-corrected chi connectivity index (χ0v) is 6.11. The first-order valence-electron chi connectivity index (χ1n) is 6.17. The molecule has 64 valence electrons. The van der Waals surface area contributed by atoms with Gasteiger partial charge in [-0.2, -0.15) is 0 Å². The Balaban J connectivity index is 3.31. The van der Waals surface area contributed by atoms with Crippen molar-refractivity contribution < 1.29 is 18.1 Å². The summed E-state index contributed by atoms with van der Waals surface area (Å²) in [4.78, 5) is 11.0. The van der Waals surface area contributed by atoms with Crippen molar-refractivity contribution in [3.05, 3.63) is 29.8 Å². The van der Waals surface area contributed by atoms with E-state index < -0.39 is 19.9 Å². The maximum Gasteiger partial charge on any atom is 0.335 e. The van der Waals surface area contributed by atoms with Gasteiger partial charge in [0.05, 0.1) is 5.56 Å². The van der Waals surface area contributed by atoms with Gasteiger partial charge in [-0.3, -0.25) is 0 Å². The van der Waals surface area contributed by atoms with E-state index in [0.717, 1.165) is 6.07 Å². The molecule has 0 amide bonds. The second-order valence-electron chi connectivity index (χ2n) is 2.19. The van der Waals surface area contributed by atoms with Crippen LogP contribution in [0, 0.1) is 0 Å². The first-order valence-corrected chi connectivity index (χ1v) is 3.17. The molecule has 0 saturated carbocycles. The number of anilines is 1. The van der Waals surface area contributed by atoms with E-state index in [1.165, 1.54) is 18.2 Å². The van der Waals surface area contributed by atoms with E-state index in [0.29, 0.717) is 0 Å². The molecule has 0 saturated heterocycles. The van der Waals surface area contributed by atoms with Crippen molar-refractivity contribution in [2.75, 3.05) is 18.9 Å². The third kappa shape index (κ3) is 1.75. The quantitative estimate of drug-likeness (QED) is 0.732. The van der Waals surface area contributed by atoms with E-state index in [9.17, 15) is 4.79 Å². The van der Waals surface area contributed by atoms with E-state index >= 15 is 0 Å². The van der Waals surface area contributed by atoms with Gasteiger partial charge in [-0.1, -0.05) is 6.07 Å². The van der Waals surface area contributed by atoms with Crippen molar-refractivity contribution in [2.24, 2.45) is 0 Å². The van der Waals surface area contributed by atoms with Crippen molar-refractivity contribution in [3.8, 4) is 0 Å². The van der Waals surface area contributed by atoms with Crippen LogP contribution in [0.2, 0.25) is 0 Å². The molecule has 0 aromatic heterocycles. The largest absolute Gasteiger partial charge is 0.478 e. The summed E-state index contributed by atoms with van der Waals surface area (Å²) >= 11 is 0. The predicted octanol–water partition coefficient (Wildman–Crippen LogP) is 1.45. The highest BCUT2D eigenvalue weighted by molar-refractivity contribution is 5.88. The molecular formula is C9H11NO2. The van der Waals surface area contributed by atoms with Crippen molar-refractivity contribution in [3.63, 3.8) is 0 Å². The molecule has 0 fully saturated rings. The molecule has 3 nitrogen and oxygen atoms in total. The average Bonchev–Trinajstić information content (AvgIpc) is 2.13. The van der Waals surface area contributed by atoms with Gasteiger partial charge in [0.1, 0.15) is 0 Å². The lowest BCUT2D eigenvalue weighted by molar-refractivity contribution is 0.0697. The van der Waals surface area contributed by atoms with Gasteiger partial charge in [0.2, 0.25) is 0 Å². The Kier molecular flexibility index (Phi) is 0.943. The summed E-state index contributed by atoms with van der Waals surface area (Å²) < 4.78 is 43.3. The zero-order valence-electron chi connectivity index (χ0n) is 12.1. The fourth-order valence-electron chi connectivity index (χ4n) is 0.778. The molecule has 0 spiro atoms. The number of hydrogen-bond donors (Lipinski definition) is 1. The van der Waals surface area contributed by atoms with Gasteiger partial charge in [-0.15, -0.1) is 0 Å². The molecule has 0 aliphatic carbocycles. The Hall–Kier alpha value is -1.51. The second kappa shape index (κ2) is 3.26. The Labute approximate surface area is 79.7 Å². The first kappa shape index (κ1) is 3.47. The lowest BCUT2D eigenvalue weighted by atomic mass is 10.2. The third-order valence-corrected chi connectivity index (χ3v) is 1.35. The molecule has 1 rings (SSSR count). The van der Waals surface area contributed by atoms with Crippen LogP contribution in [0.4, 0.5) is 5.69 Å². The molecule has 0 heterocycles. The Morgan fingerprint density at radius 1 is 1.58 bits per heavy atom. The fraction of sp³-hybridized carbons (Fsp3) is 0.222. The number of carboxylic acid groups (broad SMARTS) is 1. The number of benzene rings is 1. The minimum absolute atomic E-state index is 0.175. The van der Waals surface area contributed by atoms with Crippen LogP contribution in [-0.4, -0.2) is 25.0 Å². The summed E-state index contributed by atoms with van der Waals surface area (Å²) in [5.74, 6) is -1.26. The minimum Gasteiger partial charge on any atom is -0.478 e. The monoisotopic (exact) mass is 171 g/mol. The van der Waals surface area contributed by atoms with E-state index in [-0.39, 0.29) is 16.2 Å². The standard InChI is InChI=1S/C9H11NO2/c1-10(2)8-5-3-4-7(6-8)9(11)12/h3-6H,1-2H3,(H,11,12)/i1D3,2D3. The van der Waals surface area contributed by atoms with E-state index in [1.807, 2.05) is 0 Å². The maximum absolute atomic E-state index is 10.8. The lowest BCUT2D eigenvalue weighted by Gasteiger charge is -2.12. The summed E-state index contributed by atoms with van der Waals surface area (Å²) in [6.45, 7) is -5.77. The molecular weight excluding hydrogens is 154 g/mol. The number of carboxylic acids is 1. The highest BCUT2D eigenvalue weighted by atomic mass is 16.4. The molecule has 0 radical (unpaired) electrons. The van der Waals surface area contributed by atoms with E-state index in [1.54, 1.807) is 0 Å². The molecule has 3 heteroatoms. The van der Waals surface area contributed by atoms with Gasteiger partial charge in [-0.05, 0) is 18.2 Å². The third-order valence-electron chi connectivity index (χ3n) is 1.35. The highest BCUT2D eigenvalue weighted by Gasteiger charge is 2.03. The summed E-state index contributed by atoms with van der Waals surface area (Å²) in [7, 11) is 0. The predicted molar refractivity (Wildman–Crippen MR) is 47.7 cm³/mol. The molecule has 0 aliphatic rings. The number of carbonyl (C=O) groups is 1. The van der Waals surface area contributed by atoms with Crippen LogP contribution in [0.3, 0.4) is 0 Å². The van der Waals surface area contributed by atoms with Gasteiger partial charge < -0.3 is 10.0 Å². The average molecular weight is 171 g/mol. The fourth-order valence-corrected chi connectivity index (χ4v) is 0.778. The van der Waals surface area contributed by atoms with Crippen LogP contribution in [0.15, 0.2) is 24.3 Å². The summed E-state index contributed by atoms with van der Waals surface area (Å²) in [5.41, 5.74) is -0.360. The molecule has 0 bridgehead atoms. The van der Waals surface area contributed by atoms with Crippen LogP contribution in [0.25, 0.3) is 0 Å². The highest BCUT2D eigenvalue weighted by Crippen LogP contribution is 2.12. The summed E-state index contributed by atoms with van der Waals surface area (Å²) in [5, 5.41) is 8.80. The van der Waals surface area contributed by atoms with Crippen LogP contribution in [0.5, 0.6) is 0 Å². The van der Waals surface area contributed by atoms with Crippen LogP contribution >= 0.6 is 0 Å². The molecule has 1 aromatic rings. The first-order chi connectivity index (χ1) is 8.03. The van der Waals surface area contributed by atoms with Gasteiger partial charge in [0.15, 0.2) is 0 Å². The van der Waals surface area contributed by atoms with Gasteiger partial charge in [0, 0.05) is 27.9 Å². The smallest absolute Gasteiger partial charge is 0.335 e. The van der Waals surface area contributed by atoms with E-state index in [2.05, 4.69) is 0 Å². The second-order valence-corrected chi connectivity index (χ2v) is 2.19. The number of aromatic carboxylic acids is 1. The number of hydrogen-bond acceptors (Lipinski definition) is 2. The molecule has 0 aliphatic heterocycles. The molecule has 0 unspecified atom stereocenters. The minimum atomic E-state index is -2.89. The van der Waals surface area contributed by atoms with Gasteiger partial charge >= 0.3 is 5.97 Å². The molecule has 1 aromatic carbocycles. The number of nitrogens with zero attached hydrogens (tertiary/aromatic N) is 1. The van der Waals surface area contributed by atoms with Crippen molar-refractivity contribution in [1.82, 2.24) is 0 Å². The SMILES string of the molecule is [2H]C([2H])([2H])N(c1cccc(C(=O)O)c1)C([2H])([2H])[2H]. The summed E-state index contributed by atoms with van der Waals surface area (Å²) in [6, 6.07) is 4.80. The van der Waals surface area contributed by atoms with E-state index in [4.69, 9.17) is 13.3 Å². The Morgan fingerprint density at radius 2 is 2.33 bits per heavy atom. The Bertz CT molecular complexity index is 439. The number of rotatable bonds is 2. The molecule has 0 atom stereocenters. The van der Waals surface area contributed by atoms with Crippen LogP contribution < -0.4 is 4.90 Å². The topological polar surface area (TPSA) is 40.5 Å². The van der Waals surface area contributed by atoms with Crippen molar-refractivity contribution in [1.29, 1.82) is 0 Å². The lowest BCUT2D eigenvalue weighted by Crippen LogP contribution is -2.09. The zero-order chi connectivity index (χ0) is 14.1. The van der Waals surface area contributed by atoms with Crippen molar-refractivity contribution >= 4 is 11.7 Å². The summed E-state index contributed by atoms with van der Waals surface area (Å²) in [6.07, 6.45) is 0. The van der Waals surface area contributed by atoms with Gasteiger partial charge in [-0.25, -0.2) is 4.79 Å². The maximum atomic E-state index is 10.8. The van der Waals surface area contributed by atoms with Crippen LogP contribution in [0.1, 0.15) is 18.6 Å². The molecule has 12 heavy (non-hydrogen) atoms. The Morgan fingerprint density at radius 3 is 2.92 bits per heavy atom. The van der Waals surface area contributed by atoms with Gasteiger partial charge in [0.25, 0.3) is 0 Å². The van der Waals surface area contributed by atoms with Crippen LogP contribution in [-0.2, 0) is 0 Å². The van der Waals surface area contributed by atoms with Crippen molar-refractivity contribution in [2.45, 2.75) is 0 Å². The molecule has 1 N–H and O–H groups in total.